The van der Waals surface area contributed by atoms with Gasteiger partial charge < -0.3 is 24.4 Å². The third-order valence-electron chi connectivity index (χ3n) is 1.21. The second kappa shape index (κ2) is 12.5. The summed E-state index contributed by atoms with van der Waals surface area (Å²) in [6.07, 6.45) is -0.724. The third-order valence-corrected chi connectivity index (χ3v) is 1.21. The Hall–Kier alpha value is -1.60. The molecule has 0 saturated heterocycles. The zero-order valence-corrected chi connectivity index (χ0v) is 9.97. The summed E-state index contributed by atoms with van der Waals surface area (Å²) in [5.74, 6) is -0.935. The first-order valence-electron chi connectivity index (χ1n) is 4.73. The SMILES string of the molecule is C=C(C)C(=O)O.COC(=O)OCCOCCO. The highest BCUT2D eigenvalue weighted by Gasteiger charge is 1.97. The second-order valence-corrected chi connectivity index (χ2v) is 2.72. The van der Waals surface area contributed by atoms with Gasteiger partial charge in [-0.05, 0) is 6.92 Å². The maximum absolute atomic E-state index is 10.3. The highest BCUT2D eigenvalue weighted by atomic mass is 16.7. The molecule has 0 unspecified atom stereocenters. The molecule has 0 aromatic rings. The summed E-state index contributed by atoms with van der Waals surface area (Å²) in [4.78, 5) is 19.9. The number of ether oxygens (including phenoxy) is 3. The van der Waals surface area contributed by atoms with E-state index in [2.05, 4.69) is 16.1 Å². The van der Waals surface area contributed by atoms with Crippen LogP contribution >= 0.6 is 0 Å². The summed E-state index contributed by atoms with van der Waals surface area (Å²) < 4.78 is 13.5. The molecule has 0 aromatic carbocycles. The van der Waals surface area contributed by atoms with Crippen LogP contribution in [0.1, 0.15) is 6.92 Å². The Bertz CT molecular complexity index is 225. The smallest absolute Gasteiger partial charge is 0.478 e. The molecule has 7 nitrogen and oxygen atoms in total. The topological polar surface area (TPSA) is 102 Å². The average molecular weight is 250 g/mol. The van der Waals surface area contributed by atoms with E-state index in [4.69, 9.17) is 14.9 Å². The van der Waals surface area contributed by atoms with Crippen LogP contribution < -0.4 is 0 Å². The van der Waals surface area contributed by atoms with Crippen molar-refractivity contribution in [1.29, 1.82) is 0 Å². The van der Waals surface area contributed by atoms with Gasteiger partial charge in [-0.25, -0.2) is 9.59 Å². The summed E-state index contributed by atoms with van der Waals surface area (Å²) in [5.41, 5.74) is 0.176. The van der Waals surface area contributed by atoms with Crippen molar-refractivity contribution in [3.05, 3.63) is 12.2 Å². The highest BCUT2D eigenvalue weighted by molar-refractivity contribution is 5.84. The number of carbonyl (C=O) groups is 2. The number of aliphatic carboxylic acids is 1. The van der Waals surface area contributed by atoms with Crippen LogP contribution in [0.3, 0.4) is 0 Å². The van der Waals surface area contributed by atoms with Crippen LogP contribution in [0.15, 0.2) is 12.2 Å². The number of carboxylic acid groups (broad SMARTS) is 1. The number of aliphatic hydroxyl groups is 1. The zero-order chi connectivity index (χ0) is 13.7. The van der Waals surface area contributed by atoms with E-state index in [9.17, 15) is 9.59 Å². The Morgan fingerprint density at radius 3 is 2.12 bits per heavy atom. The number of carbonyl (C=O) groups excluding carboxylic acids is 1. The van der Waals surface area contributed by atoms with Gasteiger partial charge in [0, 0.05) is 5.57 Å². The molecule has 7 heteroatoms. The molecule has 2 N–H and O–H groups in total. The van der Waals surface area contributed by atoms with E-state index < -0.39 is 12.1 Å². The number of carboxylic acids is 1. The van der Waals surface area contributed by atoms with E-state index >= 15 is 0 Å². The fourth-order valence-electron chi connectivity index (χ4n) is 0.409. The van der Waals surface area contributed by atoms with Crippen LogP contribution in [0, 0.1) is 0 Å². The van der Waals surface area contributed by atoms with E-state index in [1.54, 1.807) is 0 Å². The van der Waals surface area contributed by atoms with E-state index in [0.29, 0.717) is 0 Å². The van der Waals surface area contributed by atoms with Crippen molar-refractivity contribution in [1.82, 2.24) is 0 Å². The van der Waals surface area contributed by atoms with Crippen molar-refractivity contribution in [3.8, 4) is 0 Å². The van der Waals surface area contributed by atoms with Crippen molar-refractivity contribution < 1.29 is 34.0 Å². The molecule has 17 heavy (non-hydrogen) atoms. The Morgan fingerprint density at radius 1 is 1.24 bits per heavy atom. The predicted octanol–water partition coefficient (Wildman–Crippen LogP) is 0.425. The standard InChI is InChI=1S/C6H12O5.C4H6O2/c1-9-6(8)11-5-4-10-3-2-7;1-3(2)4(5)6/h7H,2-5H2,1H3;1H2,2H3,(H,5,6). The minimum absolute atomic E-state index is 0.0295. The van der Waals surface area contributed by atoms with E-state index in [1.165, 1.54) is 14.0 Å². The summed E-state index contributed by atoms with van der Waals surface area (Å²) in [5, 5.41) is 16.2. The van der Waals surface area contributed by atoms with Gasteiger partial charge in [-0.1, -0.05) is 6.58 Å². The number of methoxy groups -OCH3 is 1. The Labute approximate surface area is 99.6 Å². The molecule has 0 heterocycles. The number of hydrogen-bond donors (Lipinski definition) is 2. The van der Waals surface area contributed by atoms with Gasteiger partial charge in [0.1, 0.15) is 6.61 Å². The quantitative estimate of drug-likeness (QED) is 0.400. The average Bonchev–Trinajstić information content (AvgIpc) is 2.29. The normalized spacial score (nSPS) is 8.65. The van der Waals surface area contributed by atoms with Gasteiger partial charge in [0.05, 0.1) is 26.9 Å². The van der Waals surface area contributed by atoms with E-state index in [-0.39, 0.29) is 32.0 Å². The molecule has 100 valence electrons. The van der Waals surface area contributed by atoms with E-state index in [0.717, 1.165) is 0 Å². The van der Waals surface area contributed by atoms with Gasteiger partial charge in [0.25, 0.3) is 0 Å². The monoisotopic (exact) mass is 250 g/mol. The van der Waals surface area contributed by atoms with Crippen LogP contribution in [0.25, 0.3) is 0 Å². The van der Waals surface area contributed by atoms with Crippen molar-refractivity contribution in [2.24, 2.45) is 0 Å². The van der Waals surface area contributed by atoms with Crippen LogP contribution in [0.5, 0.6) is 0 Å². The molecule has 0 aromatic heterocycles. The maximum Gasteiger partial charge on any atom is 0.508 e. The van der Waals surface area contributed by atoms with Crippen molar-refractivity contribution in [2.75, 3.05) is 33.5 Å². The Kier molecular flexibility index (Phi) is 13.0. The van der Waals surface area contributed by atoms with Crippen molar-refractivity contribution >= 4 is 12.1 Å². The molecule has 0 rings (SSSR count). The Morgan fingerprint density at radius 2 is 1.76 bits per heavy atom. The second-order valence-electron chi connectivity index (χ2n) is 2.72. The van der Waals surface area contributed by atoms with Gasteiger partial charge in [-0.2, -0.15) is 0 Å². The molecule has 0 amide bonds. The predicted molar refractivity (Wildman–Crippen MR) is 58.7 cm³/mol. The summed E-state index contributed by atoms with van der Waals surface area (Å²) in [7, 11) is 1.23. The van der Waals surface area contributed by atoms with Gasteiger partial charge >= 0.3 is 12.1 Å². The number of rotatable bonds is 6. The summed E-state index contributed by atoms with van der Waals surface area (Å²) >= 11 is 0. The minimum atomic E-state index is -0.935. The van der Waals surface area contributed by atoms with Crippen LogP contribution in [0.4, 0.5) is 4.79 Å². The van der Waals surface area contributed by atoms with Gasteiger partial charge in [-0.3, -0.25) is 0 Å². The molecule has 0 aliphatic carbocycles. The lowest BCUT2D eigenvalue weighted by molar-refractivity contribution is -0.132. The molecule has 0 aliphatic heterocycles. The van der Waals surface area contributed by atoms with Crippen LogP contribution in [-0.2, 0) is 19.0 Å². The first-order chi connectivity index (χ1) is 7.95. The first-order valence-corrected chi connectivity index (χ1v) is 4.73. The van der Waals surface area contributed by atoms with Crippen LogP contribution in [-0.4, -0.2) is 55.9 Å². The lowest BCUT2D eigenvalue weighted by Gasteiger charge is -2.02. The maximum atomic E-state index is 10.3. The highest BCUT2D eigenvalue weighted by Crippen LogP contribution is 1.82. The van der Waals surface area contributed by atoms with Crippen molar-refractivity contribution in [3.63, 3.8) is 0 Å². The molecule has 0 radical (unpaired) electrons. The lowest BCUT2D eigenvalue weighted by atomic mass is 10.4. The number of hydrogen-bond acceptors (Lipinski definition) is 6. The molecule has 0 aliphatic rings. The lowest BCUT2D eigenvalue weighted by Crippen LogP contribution is -2.11. The molecule has 0 spiro atoms. The third kappa shape index (κ3) is 17.0. The molecule has 0 bridgehead atoms. The fourth-order valence-corrected chi connectivity index (χ4v) is 0.409. The molecular weight excluding hydrogens is 232 g/mol. The molecule has 0 saturated carbocycles. The summed E-state index contributed by atoms with van der Waals surface area (Å²) in [6.45, 7) is 5.25. The molecular formula is C10H18O7. The van der Waals surface area contributed by atoms with E-state index in [1.807, 2.05) is 0 Å². The van der Waals surface area contributed by atoms with Crippen molar-refractivity contribution in [2.45, 2.75) is 6.92 Å². The molecule has 0 fully saturated rings. The van der Waals surface area contributed by atoms with Crippen LogP contribution in [0.2, 0.25) is 0 Å². The molecule has 0 atom stereocenters. The fraction of sp³-hybridized carbons (Fsp3) is 0.600. The Balaban J connectivity index is 0. The largest absolute Gasteiger partial charge is 0.508 e. The summed E-state index contributed by atoms with van der Waals surface area (Å²) in [6, 6.07) is 0. The minimum Gasteiger partial charge on any atom is -0.478 e. The van der Waals surface area contributed by atoms with Gasteiger partial charge in [-0.15, -0.1) is 0 Å². The first kappa shape index (κ1) is 17.8. The number of aliphatic hydroxyl groups excluding tert-OH is 1. The zero-order valence-electron chi connectivity index (χ0n) is 9.97. The van der Waals surface area contributed by atoms with Gasteiger partial charge in [0.15, 0.2) is 0 Å². The van der Waals surface area contributed by atoms with Gasteiger partial charge in [0.2, 0.25) is 0 Å².